The van der Waals surface area contributed by atoms with E-state index in [0.717, 1.165) is 18.4 Å². The lowest BCUT2D eigenvalue weighted by atomic mass is 9.88. The summed E-state index contributed by atoms with van der Waals surface area (Å²) in [7, 11) is 0. The van der Waals surface area contributed by atoms with Crippen molar-refractivity contribution in [3.05, 3.63) is 60.2 Å². The van der Waals surface area contributed by atoms with Crippen LogP contribution in [0.4, 0.5) is 4.39 Å². The Bertz CT molecular complexity index is 485. The number of hydrogen-bond donors (Lipinski definition) is 2. The third-order valence-electron chi connectivity index (χ3n) is 3.74. The fourth-order valence-electron chi connectivity index (χ4n) is 2.82. The number of halogens is 1. The maximum absolute atomic E-state index is 13.4. The Morgan fingerprint density at radius 1 is 1.28 bits per heavy atom. The Balaban J connectivity index is 1.88. The molecule has 0 saturated heterocycles. The van der Waals surface area contributed by atoms with Crippen LogP contribution in [0.25, 0.3) is 0 Å². The molecular weight excluding hydrogens is 227 g/mol. The largest absolute Gasteiger partial charge is 0.364 e. The van der Waals surface area contributed by atoms with Crippen molar-refractivity contribution in [2.45, 2.75) is 24.9 Å². The molecule has 0 saturated carbocycles. The normalized spacial score (nSPS) is 23.9. The van der Waals surface area contributed by atoms with Crippen LogP contribution in [0, 0.1) is 11.7 Å². The highest BCUT2D eigenvalue weighted by molar-refractivity contribution is 5.28. The molecule has 0 bridgehead atoms. The van der Waals surface area contributed by atoms with Crippen molar-refractivity contribution < 1.29 is 4.39 Å². The molecule has 1 aromatic rings. The van der Waals surface area contributed by atoms with Crippen molar-refractivity contribution in [2.75, 3.05) is 0 Å². The summed E-state index contributed by atoms with van der Waals surface area (Å²) in [6.45, 7) is 0. The molecule has 0 fully saturated rings. The Morgan fingerprint density at radius 2 is 2.11 bits per heavy atom. The predicted octanol–water partition coefficient (Wildman–Crippen LogP) is 3.00. The van der Waals surface area contributed by atoms with E-state index < -0.39 is 0 Å². The van der Waals surface area contributed by atoms with E-state index in [0.29, 0.717) is 5.92 Å². The van der Waals surface area contributed by atoms with E-state index in [4.69, 9.17) is 0 Å². The first-order chi connectivity index (χ1) is 8.78. The molecule has 0 unspecified atom stereocenters. The summed E-state index contributed by atoms with van der Waals surface area (Å²) in [5, 5.41) is 6.70. The quantitative estimate of drug-likeness (QED) is 0.799. The van der Waals surface area contributed by atoms with Gasteiger partial charge in [-0.05, 0) is 37.3 Å². The topological polar surface area (TPSA) is 24.1 Å². The minimum absolute atomic E-state index is 0.190. The summed E-state index contributed by atoms with van der Waals surface area (Å²) in [5.41, 5.74) is 0.592. The lowest BCUT2D eigenvalue weighted by Crippen LogP contribution is -2.47. The smallest absolute Gasteiger partial charge is 0.134 e. The summed E-state index contributed by atoms with van der Waals surface area (Å²) in [5.74, 6) is 0.359. The molecule has 18 heavy (non-hydrogen) atoms. The molecule has 1 aliphatic heterocycles. The Kier molecular flexibility index (Phi) is 2.82. The highest BCUT2D eigenvalue weighted by atomic mass is 19.1. The van der Waals surface area contributed by atoms with Crippen LogP contribution >= 0.6 is 0 Å². The molecule has 0 radical (unpaired) electrons. The third-order valence-corrected chi connectivity index (χ3v) is 3.74. The van der Waals surface area contributed by atoms with Gasteiger partial charge >= 0.3 is 0 Å². The Hall–Kier alpha value is -1.77. The van der Waals surface area contributed by atoms with Crippen molar-refractivity contribution in [2.24, 2.45) is 5.92 Å². The summed E-state index contributed by atoms with van der Waals surface area (Å²) < 4.78 is 13.4. The van der Waals surface area contributed by atoms with Gasteiger partial charge in [-0.1, -0.05) is 24.3 Å². The minimum Gasteiger partial charge on any atom is -0.364 e. The van der Waals surface area contributed by atoms with Gasteiger partial charge in [-0.25, -0.2) is 4.39 Å². The van der Waals surface area contributed by atoms with Crippen molar-refractivity contribution in [1.82, 2.24) is 10.6 Å². The van der Waals surface area contributed by atoms with Gasteiger partial charge in [0.2, 0.25) is 0 Å². The minimum atomic E-state index is -0.360. The zero-order valence-electron chi connectivity index (χ0n) is 10.2. The third kappa shape index (κ3) is 2.01. The van der Waals surface area contributed by atoms with Crippen LogP contribution < -0.4 is 10.6 Å². The van der Waals surface area contributed by atoms with Crippen molar-refractivity contribution in [3.8, 4) is 0 Å². The van der Waals surface area contributed by atoms with E-state index in [1.54, 1.807) is 12.1 Å². The number of allylic oxidation sites excluding steroid dienone is 2. The first-order valence-corrected chi connectivity index (χ1v) is 6.42. The highest BCUT2D eigenvalue weighted by Gasteiger charge is 2.35. The summed E-state index contributed by atoms with van der Waals surface area (Å²) in [4.78, 5) is 0. The van der Waals surface area contributed by atoms with Gasteiger partial charge in [-0.3, -0.25) is 0 Å². The second-order valence-corrected chi connectivity index (χ2v) is 5.01. The van der Waals surface area contributed by atoms with Crippen LogP contribution in [0.2, 0.25) is 0 Å². The second kappa shape index (κ2) is 4.48. The van der Waals surface area contributed by atoms with E-state index in [9.17, 15) is 4.39 Å². The number of nitrogens with one attached hydrogen (secondary N) is 2. The van der Waals surface area contributed by atoms with Crippen molar-refractivity contribution in [3.63, 3.8) is 0 Å². The Labute approximate surface area is 107 Å². The average molecular weight is 244 g/mol. The molecule has 1 aliphatic carbocycles. The first kappa shape index (κ1) is 11.3. The summed E-state index contributed by atoms with van der Waals surface area (Å²) in [6, 6.07) is 6.81. The molecule has 1 atom stereocenters. The number of rotatable bonds is 3. The SMILES string of the molecule is Fc1cccc(C2(C[C@H]3C=CCC3)NC=CN2)c1. The molecule has 3 heteroatoms. The van der Waals surface area contributed by atoms with Crippen LogP contribution in [0.3, 0.4) is 0 Å². The molecule has 0 aromatic heterocycles. The molecule has 94 valence electrons. The monoisotopic (exact) mass is 244 g/mol. The predicted molar refractivity (Wildman–Crippen MR) is 70.0 cm³/mol. The van der Waals surface area contributed by atoms with Crippen LogP contribution in [0.15, 0.2) is 48.8 Å². The molecule has 1 heterocycles. The first-order valence-electron chi connectivity index (χ1n) is 6.42. The van der Waals surface area contributed by atoms with Gasteiger partial charge in [0.1, 0.15) is 11.5 Å². The molecule has 3 rings (SSSR count). The van der Waals surface area contributed by atoms with Crippen LogP contribution in [0.5, 0.6) is 0 Å². The van der Waals surface area contributed by atoms with Gasteiger partial charge in [0.05, 0.1) is 0 Å². The Morgan fingerprint density at radius 3 is 2.78 bits per heavy atom. The van der Waals surface area contributed by atoms with E-state index in [1.807, 2.05) is 18.5 Å². The summed E-state index contributed by atoms with van der Waals surface area (Å²) >= 11 is 0. The zero-order chi connectivity index (χ0) is 12.4. The standard InChI is InChI=1S/C15H17FN2/c16-14-7-3-6-13(10-14)15(17-8-9-18-15)11-12-4-1-2-5-12/h1,3-4,6-10,12,17-18H,2,5,11H2/t12-/m0/s1. The number of hydrogen-bond acceptors (Lipinski definition) is 2. The second-order valence-electron chi connectivity index (χ2n) is 5.01. The fourth-order valence-corrected chi connectivity index (χ4v) is 2.82. The van der Waals surface area contributed by atoms with Gasteiger partial charge in [-0.15, -0.1) is 0 Å². The van der Waals surface area contributed by atoms with E-state index >= 15 is 0 Å². The summed E-state index contributed by atoms with van der Waals surface area (Å²) in [6.07, 6.45) is 11.5. The molecule has 2 aliphatic rings. The molecule has 1 aromatic carbocycles. The molecule has 2 nitrogen and oxygen atoms in total. The van der Waals surface area contributed by atoms with E-state index in [-0.39, 0.29) is 11.5 Å². The molecule has 2 N–H and O–H groups in total. The average Bonchev–Trinajstić information content (AvgIpc) is 3.02. The van der Waals surface area contributed by atoms with Gasteiger partial charge < -0.3 is 10.6 Å². The maximum Gasteiger partial charge on any atom is 0.134 e. The highest BCUT2D eigenvalue weighted by Crippen LogP contribution is 2.33. The fraction of sp³-hybridized carbons (Fsp3) is 0.333. The van der Waals surface area contributed by atoms with E-state index in [1.165, 1.54) is 12.5 Å². The molecular formula is C15H17FN2. The van der Waals surface area contributed by atoms with Crippen LogP contribution in [-0.2, 0) is 5.66 Å². The maximum atomic E-state index is 13.4. The van der Waals surface area contributed by atoms with Crippen molar-refractivity contribution in [1.29, 1.82) is 0 Å². The lowest BCUT2D eigenvalue weighted by molar-refractivity contribution is 0.287. The zero-order valence-corrected chi connectivity index (χ0v) is 10.2. The van der Waals surface area contributed by atoms with E-state index in [2.05, 4.69) is 22.8 Å². The van der Waals surface area contributed by atoms with Gasteiger partial charge in [0.15, 0.2) is 0 Å². The van der Waals surface area contributed by atoms with Gasteiger partial charge in [0.25, 0.3) is 0 Å². The lowest BCUT2D eigenvalue weighted by Gasteiger charge is -2.33. The van der Waals surface area contributed by atoms with Crippen molar-refractivity contribution >= 4 is 0 Å². The van der Waals surface area contributed by atoms with Gasteiger partial charge in [-0.2, -0.15) is 0 Å². The molecule has 0 amide bonds. The van der Waals surface area contributed by atoms with Crippen LogP contribution in [0.1, 0.15) is 24.8 Å². The number of benzene rings is 1. The van der Waals surface area contributed by atoms with Crippen LogP contribution in [-0.4, -0.2) is 0 Å². The molecule has 0 spiro atoms. The van der Waals surface area contributed by atoms with Gasteiger partial charge in [0, 0.05) is 18.0 Å².